The van der Waals surface area contributed by atoms with Gasteiger partial charge in [0.25, 0.3) is 5.69 Å². The van der Waals surface area contributed by atoms with E-state index in [0.717, 1.165) is 19.3 Å². The minimum absolute atomic E-state index is 0.0906. The number of hydrogen-bond acceptors (Lipinski definition) is 5. The summed E-state index contributed by atoms with van der Waals surface area (Å²) in [6.45, 7) is 1.53. The predicted molar refractivity (Wildman–Crippen MR) is 67.4 cm³/mol. The Labute approximate surface area is 110 Å². The van der Waals surface area contributed by atoms with Crippen molar-refractivity contribution in [2.45, 2.75) is 32.3 Å². The lowest BCUT2D eigenvalue weighted by Gasteiger charge is -2.26. The zero-order valence-corrected chi connectivity index (χ0v) is 10.8. The molecule has 0 atom stereocenters. The van der Waals surface area contributed by atoms with E-state index in [2.05, 4.69) is 4.74 Å². The Kier molecular flexibility index (Phi) is 3.69. The highest BCUT2D eigenvalue weighted by molar-refractivity contribution is 5.92. The number of ether oxygens (including phenoxy) is 2. The van der Waals surface area contributed by atoms with Gasteiger partial charge in [-0.15, -0.1) is 0 Å². The first kappa shape index (κ1) is 13.3. The molecule has 0 N–H and O–H groups in total. The van der Waals surface area contributed by atoms with Crippen LogP contribution in [0.15, 0.2) is 12.1 Å². The topological polar surface area (TPSA) is 78.7 Å². The molecule has 1 aromatic carbocycles. The van der Waals surface area contributed by atoms with Crippen LogP contribution < -0.4 is 4.74 Å². The van der Waals surface area contributed by atoms with Gasteiger partial charge in [0.05, 0.1) is 29.8 Å². The average Bonchev–Trinajstić information content (AvgIpc) is 2.33. The largest absolute Gasteiger partial charge is 0.490 e. The molecule has 0 aliphatic heterocycles. The number of carbonyl (C=O) groups excluding carboxylic acids is 1. The van der Waals surface area contributed by atoms with Crippen LogP contribution in [0.5, 0.6) is 5.75 Å². The molecule has 0 spiro atoms. The van der Waals surface area contributed by atoms with Gasteiger partial charge in [0.15, 0.2) is 0 Å². The first-order valence-electron chi connectivity index (χ1n) is 6.07. The third-order valence-corrected chi connectivity index (χ3v) is 3.31. The SMILES string of the molecule is COC(=O)c1cc(OC2CCC2)cc([N+](=O)[O-])c1C. The molecular formula is C13H15NO5. The molecule has 0 amide bonds. The Bertz CT molecular complexity index is 522. The Morgan fingerprint density at radius 3 is 2.58 bits per heavy atom. The van der Waals surface area contributed by atoms with E-state index in [-0.39, 0.29) is 22.9 Å². The number of methoxy groups -OCH3 is 1. The molecule has 6 nitrogen and oxygen atoms in total. The Morgan fingerprint density at radius 1 is 1.42 bits per heavy atom. The molecule has 0 saturated heterocycles. The summed E-state index contributed by atoms with van der Waals surface area (Å²) in [5.74, 6) is -0.248. The number of nitrogens with zero attached hydrogens (tertiary/aromatic N) is 1. The van der Waals surface area contributed by atoms with Crippen molar-refractivity contribution >= 4 is 11.7 Å². The second-order valence-electron chi connectivity index (χ2n) is 4.53. The summed E-state index contributed by atoms with van der Waals surface area (Å²) in [6.07, 6.45) is 3.07. The third-order valence-electron chi connectivity index (χ3n) is 3.31. The average molecular weight is 265 g/mol. The molecule has 1 aromatic rings. The van der Waals surface area contributed by atoms with Crippen LogP contribution in [0.4, 0.5) is 5.69 Å². The van der Waals surface area contributed by atoms with Crippen LogP contribution in [0.25, 0.3) is 0 Å². The lowest BCUT2D eigenvalue weighted by molar-refractivity contribution is -0.385. The first-order valence-corrected chi connectivity index (χ1v) is 6.07. The molecule has 2 rings (SSSR count). The summed E-state index contributed by atoms with van der Waals surface area (Å²) in [7, 11) is 1.24. The highest BCUT2D eigenvalue weighted by Gasteiger charge is 2.24. The van der Waals surface area contributed by atoms with E-state index >= 15 is 0 Å². The van der Waals surface area contributed by atoms with Gasteiger partial charge in [0, 0.05) is 5.56 Å². The zero-order valence-electron chi connectivity index (χ0n) is 10.8. The maximum Gasteiger partial charge on any atom is 0.338 e. The van der Waals surface area contributed by atoms with Gasteiger partial charge in [-0.2, -0.15) is 0 Å². The van der Waals surface area contributed by atoms with Crippen molar-refractivity contribution in [2.75, 3.05) is 7.11 Å². The van der Waals surface area contributed by atoms with Crippen molar-refractivity contribution in [2.24, 2.45) is 0 Å². The number of nitro groups is 1. The van der Waals surface area contributed by atoms with E-state index in [9.17, 15) is 14.9 Å². The van der Waals surface area contributed by atoms with Crippen molar-refractivity contribution in [1.29, 1.82) is 0 Å². The fourth-order valence-electron chi connectivity index (χ4n) is 1.93. The molecule has 0 heterocycles. The molecule has 0 radical (unpaired) electrons. The summed E-state index contributed by atoms with van der Waals surface area (Å²) in [5.41, 5.74) is 0.334. The van der Waals surface area contributed by atoms with E-state index in [1.165, 1.54) is 26.2 Å². The molecule has 0 bridgehead atoms. The number of benzene rings is 1. The van der Waals surface area contributed by atoms with Gasteiger partial charge in [0.1, 0.15) is 5.75 Å². The number of carbonyl (C=O) groups is 1. The summed E-state index contributed by atoms with van der Waals surface area (Å²) >= 11 is 0. The lowest BCUT2D eigenvalue weighted by Crippen LogP contribution is -2.24. The van der Waals surface area contributed by atoms with Gasteiger partial charge in [0.2, 0.25) is 0 Å². The van der Waals surface area contributed by atoms with Gasteiger partial charge in [-0.3, -0.25) is 10.1 Å². The zero-order chi connectivity index (χ0) is 14.0. The molecule has 1 fully saturated rings. The Balaban J connectivity index is 2.40. The second-order valence-corrected chi connectivity index (χ2v) is 4.53. The van der Waals surface area contributed by atoms with Gasteiger partial charge < -0.3 is 9.47 Å². The van der Waals surface area contributed by atoms with Gasteiger partial charge in [-0.25, -0.2) is 4.79 Å². The molecule has 1 aliphatic carbocycles. The first-order chi connectivity index (χ1) is 9.02. The maximum atomic E-state index is 11.6. The molecule has 0 aromatic heterocycles. The maximum absolute atomic E-state index is 11.6. The Morgan fingerprint density at radius 2 is 2.11 bits per heavy atom. The summed E-state index contributed by atoms with van der Waals surface area (Å²) in [6, 6.07) is 2.87. The molecule has 102 valence electrons. The standard InChI is InChI=1S/C13H15NO5/c1-8-11(13(15)18-2)6-10(7-12(8)14(16)17)19-9-4-3-5-9/h6-7,9H,3-5H2,1-2H3. The molecule has 0 unspecified atom stereocenters. The van der Waals surface area contributed by atoms with Crippen molar-refractivity contribution < 1.29 is 19.2 Å². The van der Waals surface area contributed by atoms with Crippen molar-refractivity contribution in [3.05, 3.63) is 33.4 Å². The summed E-state index contributed by atoms with van der Waals surface area (Å²) in [4.78, 5) is 22.1. The minimum Gasteiger partial charge on any atom is -0.490 e. The van der Waals surface area contributed by atoms with Crippen molar-refractivity contribution in [1.82, 2.24) is 0 Å². The molecule has 1 saturated carbocycles. The molecular weight excluding hydrogens is 250 g/mol. The van der Waals surface area contributed by atoms with Gasteiger partial charge >= 0.3 is 5.97 Å². The van der Waals surface area contributed by atoms with E-state index < -0.39 is 10.9 Å². The van der Waals surface area contributed by atoms with Crippen LogP contribution in [-0.2, 0) is 4.74 Å². The molecule has 1 aliphatic rings. The lowest BCUT2D eigenvalue weighted by atomic mass is 9.96. The van der Waals surface area contributed by atoms with E-state index in [1.54, 1.807) is 0 Å². The third kappa shape index (κ3) is 2.67. The van der Waals surface area contributed by atoms with Crippen LogP contribution in [0.2, 0.25) is 0 Å². The van der Waals surface area contributed by atoms with Crippen molar-refractivity contribution in [3.8, 4) is 5.75 Å². The quantitative estimate of drug-likeness (QED) is 0.475. The monoisotopic (exact) mass is 265 g/mol. The number of esters is 1. The van der Waals surface area contributed by atoms with Crippen molar-refractivity contribution in [3.63, 3.8) is 0 Å². The second kappa shape index (κ2) is 5.26. The smallest absolute Gasteiger partial charge is 0.338 e. The summed E-state index contributed by atoms with van der Waals surface area (Å²) < 4.78 is 10.3. The van der Waals surface area contributed by atoms with Crippen LogP contribution in [0, 0.1) is 17.0 Å². The van der Waals surface area contributed by atoms with Crippen LogP contribution in [-0.4, -0.2) is 24.1 Å². The molecule has 19 heavy (non-hydrogen) atoms. The number of hydrogen-bond donors (Lipinski definition) is 0. The minimum atomic E-state index is -0.598. The highest BCUT2D eigenvalue weighted by Crippen LogP contribution is 2.32. The Hall–Kier alpha value is -2.11. The van der Waals surface area contributed by atoms with E-state index in [1.807, 2.05) is 0 Å². The van der Waals surface area contributed by atoms with E-state index in [0.29, 0.717) is 5.75 Å². The normalized spacial score (nSPS) is 14.6. The predicted octanol–water partition coefficient (Wildman–Crippen LogP) is 2.62. The number of nitro benzene ring substituents is 1. The van der Waals surface area contributed by atoms with Gasteiger partial charge in [-0.05, 0) is 32.3 Å². The fraction of sp³-hybridized carbons (Fsp3) is 0.462. The number of rotatable bonds is 4. The van der Waals surface area contributed by atoms with E-state index in [4.69, 9.17) is 4.74 Å². The summed E-state index contributed by atoms with van der Waals surface area (Å²) in [5, 5.41) is 11.0. The van der Waals surface area contributed by atoms with Crippen LogP contribution >= 0.6 is 0 Å². The molecule has 6 heteroatoms. The van der Waals surface area contributed by atoms with Crippen LogP contribution in [0.3, 0.4) is 0 Å². The van der Waals surface area contributed by atoms with Gasteiger partial charge in [-0.1, -0.05) is 0 Å². The highest BCUT2D eigenvalue weighted by atomic mass is 16.6. The fourth-order valence-corrected chi connectivity index (χ4v) is 1.93. The van der Waals surface area contributed by atoms with Crippen LogP contribution in [0.1, 0.15) is 35.2 Å².